The monoisotopic (exact) mass is 341 g/mol. The molecule has 0 aliphatic carbocycles. The first-order valence-electron chi connectivity index (χ1n) is 7.67. The van der Waals surface area contributed by atoms with Gasteiger partial charge >= 0.3 is 0 Å². The van der Waals surface area contributed by atoms with Gasteiger partial charge in [0, 0.05) is 18.4 Å². The van der Waals surface area contributed by atoms with E-state index in [2.05, 4.69) is 9.82 Å². The van der Waals surface area contributed by atoms with Crippen molar-refractivity contribution in [1.82, 2.24) is 14.5 Å². The molecule has 1 aromatic heterocycles. The Kier molecular flexibility index (Phi) is 4.78. The molecule has 124 valence electrons. The Bertz CT molecular complexity index is 891. The molecule has 0 aliphatic heterocycles. The topological polar surface area (TPSA) is 64.0 Å². The minimum atomic E-state index is -3.42. The summed E-state index contributed by atoms with van der Waals surface area (Å²) < 4.78 is 29.2. The van der Waals surface area contributed by atoms with E-state index in [1.54, 1.807) is 10.9 Å². The molecule has 1 heterocycles. The van der Waals surface area contributed by atoms with E-state index >= 15 is 0 Å². The highest BCUT2D eigenvalue weighted by Crippen LogP contribution is 2.18. The summed E-state index contributed by atoms with van der Waals surface area (Å²) in [5.74, 6) is -0.0307. The Morgan fingerprint density at radius 2 is 1.88 bits per heavy atom. The molecular weight excluding hydrogens is 322 g/mol. The van der Waals surface area contributed by atoms with Crippen LogP contribution >= 0.6 is 0 Å². The van der Waals surface area contributed by atoms with Crippen LogP contribution in [0.25, 0.3) is 5.69 Å². The fourth-order valence-electron chi connectivity index (χ4n) is 2.53. The lowest BCUT2D eigenvalue weighted by Crippen LogP contribution is -2.28. The van der Waals surface area contributed by atoms with Crippen molar-refractivity contribution in [2.75, 3.05) is 0 Å². The van der Waals surface area contributed by atoms with Gasteiger partial charge in [-0.05, 0) is 36.2 Å². The third-order valence-electron chi connectivity index (χ3n) is 3.70. The second kappa shape index (κ2) is 6.98. The van der Waals surface area contributed by atoms with Gasteiger partial charge in [0.25, 0.3) is 0 Å². The number of rotatable bonds is 6. The van der Waals surface area contributed by atoms with Crippen molar-refractivity contribution in [2.45, 2.75) is 18.7 Å². The van der Waals surface area contributed by atoms with Gasteiger partial charge in [0.05, 0.1) is 11.4 Å². The molecule has 24 heavy (non-hydrogen) atoms. The number of benzene rings is 2. The van der Waals surface area contributed by atoms with Gasteiger partial charge in [-0.15, -0.1) is 0 Å². The fourth-order valence-corrected chi connectivity index (χ4v) is 3.92. The Morgan fingerprint density at radius 3 is 2.58 bits per heavy atom. The SMILES string of the molecule is C[C@@H](NS(=O)(=O)Cc1ccccc1)c1cccc(-n2cccn2)c1. The highest BCUT2D eigenvalue weighted by molar-refractivity contribution is 7.88. The minimum Gasteiger partial charge on any atom is -0.241 e. The predicted molar refractivity (Wildman–Crippen MR) is 94.2 cm³/mol. The summed E-state index contributed by atoms with van der Waals surface area (Å²) in [5, 5.41) is 4.20. The van der Waals surface area contributed by atoms with Crippen molar-refractivity contribution in [3.8, 4) is 5.69 Å². The number of aromatic nitrogens is 2. The van der Waals surface area contributed by atoms with E-state index in [-0.39, 0.29) is 11.8 Å². The summed E-state index contributed by atoms with van der Waals surface area (Å²) in [4.78, 5) is 0. The van der Waals surface area contributed by atoms with Crippen LogP contribution in [0.3, 0.4) is 0 Å². The van der Waals surface area contributed by atoms with E-state index in [0.717, 1.165) is 16.8 Å². The maximum atomic E-state index is 12.4. The summed E-state index contributed by atoms with van der Waals surface area (Å²) in [5.41, 5.74) is 2.55. The summed E-state index contributed by atoms with van der Waals surface area (Å²) in [7, 11) is -3.42. The van der Waals surface area contributed by atoms with E-state index < -0.39 is 10.0 Å². The third-order valence-corrected chi connectivity index (χ3v) is 5.12. The van der Waals surface area contributed by atoms with Crippen molar-refractivity contribution in [3.63, 3.8) is 0 Å². The van der Waals surface area contributed by atoms with E-state index in [4.69, 9.17) is 0 Å². The van der Waals surface area contributed by atoms with Crippen LogP contribution in [-0.4, -0.2) is 18.2 Å². The van der Waals surface area contributed by atoms with Crippen molar-refractivity contribution < 1.29 is 8.42 Å². The van der Waals surface area contributed by atoms with Crippen molar-refractivity contribution >= 4 is 10.0 Å². The maximum absolute atomic E-state index is 12.4. The van der Waals surface area contributed by atoms with Gasteiger partial charge in [-0.1, -0.05) is 42.5 Å². The number of sulfonamides is 1. The first-order chi connectivity index (χ1) is 11.5. The smallest absolute Gasteiger partial charge is 0.216 e. The zero-order chi connectivity index (χ0) is 17.0. The molecule has 6 heteroatoms. The molecule has 0 saturated carbocycles. The molecule has 2 aromatic carbocycles. The van der Waals surface area contributed by atoms with Crippen molar-refractivity contribution in [2.24, 2.45) is 0 Å². The summed E-state index contributed by atoms with van der Waals surface area (Å²) in [6.07, 6.45) is 3.56. The lowest BCUT2D eigenvalue weighted by atomic mass is 10.1. The minimum absolute atomic E-state index is 0.0307. The van der Waals surface area contributed by atoms with Crippen LogP contribution < -0.4 is 4.72 Å². The molecule has 5 nitrogen and oxygen atoms in total. The highest BCUT2D eigenvalue weighted by Gasteiger charge is 2.17. The molecule has 0 saturated heterocycles. The Morgan fingerprint density at radius 1 is 1.08 bits per heavy atom. The van der Waals surface area contributed by atoms with E-state index in [1.807, 2.05) is 73.8 Å². The van der Waals surface area contributed by atoms with Crippen molar-refractivity contribution in [3.05, 3.63) is 84.2 Å². The van der Waals surface area contributed by atoms with E-state index in [1.165, 1.54) is 0 Å². The zero-order valence-electron chi connectivity index (χ0n) is 13.3. The average Bonchev–Trinajstić information content (AvgIpc) is 3.09. The molecule has 0 aliphatic rings. The van der Waals surface area contributed by atoms with E-state index in [9.17, 15) is 8.42 Å². The standard InChI is InChI=1S/C18H19N3O2S/c1-15(20-24(22,23)14-16-7-3-2-4-8-16)17-9-5-10-18(13-17)21-12-6-11-19-21/h2-13,15,20H,14H2,1H3/t15-/m1/s1. The molecule has 3 rings (SSSR count). The second-order valence-electron chi connectivity index (χ2n) is 5.63. The normalized spacial score (nSPS) is 12.9. The zero-order valence-corrected chi connectivity index (χ0v) is 14.1. The van der Waals surface area contributed by atoms with Gasteiger partial charge in [-0.25, -0.2) is 17.8 Å². The molecule has 3 aromatic rings. The molecule has 0 fully saturated rings. The second-order valence-corrected chi connectivity index (χ2v) is 7.38. The van der Waals surface area contributed by atoms with Crippen LogP contribution in [0.5, 0.6) is 0 Å². The van der Waals surface area contributed by atoms with Crippen LogP contribution in [0.15, 0.2) is 73.1 Å². The van der Waals surface area contributed by atoms with Crippen LogP contribution in [-0.2, 0) is 15.8 Å². The van der Waals surface area contributed by atoms with Gasteiger partial charge in [-0.3, -0.25) is 0 Å². The lowest BCUT2D eigenvalue weighted by Gasteiger charge is -2.16. The first kappa shape index (κ1) is 16.4. The molecule has 0 bridgehead atoms. The molecule has 0 radical (unpaired) electrons. The highest BCUT2D eigenvalue weighted by atomic mass is 32.2. The molecular formula is C18H19N3O2S. The summed E-state index contributed by atoms with van der Waals surface area (Å²) in [6, 6.07) is 18.3. The lowest BCUT2D eigenvalue weighted by molar-refractivity contribution is 0.566. The van der Waals surface area contributed by atoms with Crippen molar-refractivity contribution in [1.29, 1.82) is 0 Å². The Hall–Kier alpha value is -2.44. The molecule has 1 atom stereocenters. The summed E-state index contributed by atoms with van der Waals surface area (Å²) in [6.45, 7) is 1.84. The maximum Gasteiger partial charge on any atom is 0.216 e. The number of nitrogens with one attached hydrogen (secondary N) is 1. The average molecular weight is 341 g/mol. The van der Waals surface area contributed by atoms with Gasteiger partial charge < -0.3 is 0 Å². The molecule has 0 amide bonds. The first-order valence-corrected chi connectivity index (χ1v) is 9.33. The fraction of sp³-hybridized carbons (Fsp3) is 0.167. The van der Waals surface area contributed by atoms with Gasteiger partial charge in [0.15, 0.2) is 0 Å². The number of nitrogens with zero attached hydrogens (tertiary/aromatic N) is 2. The summed E-state index contributed by atoms with van der Waals surface area (Å²) >= 11 is 0. The van der Waals surface area contributed by atoms with Crippen LogP contribution in [0.4, 0.5) is 0 Å². The number of hydrogen-bond donors (Lipinski definition) is 1. The molecule has 0 spiro atoms. The van der Waals surface area contributed by atoms with Crippen LogP contribution in [0, 0.1) is 0 Å². The van der Waals surface area contributed by atoms with Gasteiger partial charge in [0.2, 0.25) is 10.0 Å². The third kappa shape index (κ3) is 4.10. The Balaban J connectivity index is 1.75. The largest absolute Gasteiger partial charge is 0.241 e. The van der Waals surface area contributed by atoms with Gasteiger partial charge in [-0.2, -0.15) is 5.10 Å². The van der Waals surface area contributed by atoms with Gasteiger partial charge in [0.1, 0.15) is 0 Å². The molecule has 1 N–H and O–H groups in total. The molecule has 0 unspecified atom stereocenters. The van der Waals surface area contributed by atoms with Crippen LogP contribution in [0.2, 0.25) is 0 Å². The predicted octanol–water partition coefficient (Wildman–Crippen LogP) is 3.05. The van der Waals surface area contributed by atoms with E-state index in [0.29, 0.717) is 0 Å². The quantitative estimate of drug-likeness (QED) is 0.749. The number of hydrogen-bond acceptors (Lipinski definition) is 3. The van der Waals surface area contributed by atoms with Crippen LogP contribution in [0.1, 0.15) is 24.1 Å². The Labute approximate surface area is 142 Å².